The van der Waals surface area contributed by atoms with Gasteiger partial charge in [0.1, 0.15) is 11.6 Å². The molecule has 2 rings (SSSR count). The molecule has 1 aliphatic carbocycles. The van der Waals surface area contributed by atoms with Gasteiger partial charge in [-0.3, -0.25) is 0 Å². The second kappa shape index (κ2) is 5.91. The second-order valence-electron chi connectivity index (χ2n) is 5.98. The number of rotatable bonds is 3. The minimum atomic E-state index is -0.287. The molecule has 106 valence electrons. The lowest BCUT2D eigenvalue weighted by molar-refractivity contribution is 0.100. The maximum atomic E-state index is 13.8. The van der Waals surface area contributed by atoms with Gasteiger partial charge in [-0.1, -0.05) is 19.9 Å². The molecule has 19 heavy (non-hydrogen) atoms. The number of ether oxygens (including phenoxy) is 1. The maximum Gasteiger partial charge on any atom is 0.131 e. The summed E-state index contributed by atoms with van der Waals surface area (Å²) in [6, 6.07) is 4.72. The van der Waals surface area contributed by atoms with E-state index < -0.39 is 0 Å². The summed E-state index contributed by atoms with van der Waals surface area (Å²) in [5.41, 5.74) is 6.24. The zero-order valence-corrected chi connectivity index (χ0v) is 12.0. The van der Waals surface area contributed by atoms with Crippen LogP contribution < -0.4 is 10.5 Å². The summed E-state index contributed by atoms with van der Waals surface area (Å²) in [6.07, 6.45) is 3.51. The Hall–Kier alpha value is -1.09. The Morgan fingerprint density at radius 3 is 2.58 bits per heavy atom. The van der Waals surface area contributed by atoms with Crippen LogP contribution in [0.3, 0.4) is 0 Å². The standard InChI is InChI=1S/C16H24FNO/c1-10-4-5-13(8-11(10)2)19-14-6-7-15(12(3)18)16(17)9-14/h6-7,9-13H,4-5,8,18H2,1-3H3/t10?,11?,12-,13?/m0/s1. The molecular formula is C16H24FNO. The van der Waals surface area contributed by atoms with Gasteiger partial charge >= 0.3 is 0 Å². The molecule has 0 radical (unpaired) electrons. The van der Waals surface area contributed by atoms with E-state index in [2.05, 4.69) is 13.8 Å². The van der Waals surface area contributed by atoms with Crippen molar-refractivity contribution in [2.45, 2.75) is 52.2 Å². The molecule has 0 saturated heterocycles. The van der Waals surface area contributed by atoms with Crippen molar-refractivity contribution in [3.63, 3.8) is 0 Å². The van der Waals surface area contributed by atoms with Crippen molar-refractivity contribution in [1.29, 1.82) is 0 Å². The van der Waals surface area contributed by atoms with Gasteiger partial charge < -0.3 is 10.5 Å². The van der Waals surface area contributed by atoms with Crippen LogP contribution in [0, 0.1) is 17.7 Å². The first kappa shape index (κ1) is 14.3. The molecule has 0 aliphatic heterocycles. The van der Waals surface area contributed by atoms with Crippen molar-refractivity contribution in [3.05, 3.63) is 29.6 Å². The van der Waals surface area contributed by atoms with Crippen LogP contribution in [0.25, 0.3) is 0 Å². The largest absolute Gasteiger partial charge is 0.490 e. The van der Waals surface area contributed by atoms with E-state index in [1.165, 1.54) is 12.5 Å². The molecule has 1 saturated carbocycles. The molecule has 1 aromatic rings. The third-order valence-corrected chi connectivity index (χ3v) is 4.32. The Labute approximate surface area is 115 Å². The van der Waals surface area contributed by atoms with Gasteiger partial charge in [0, 0.05) is 17.7 Å². The summed E-state index contributed by atoms with van der Waals surface area (Å²) in [7, 11) is 0. The lowest BCUT2D eigenvalue weighted by Gasteiger charge is -2.32. The quantitative estimate of drug-likeness (QED) is 0.895. The molecule has 3 unspecified atom stereocenters. The first-order chi connectivity index (χ1) is 8.97. The molecule has 2 N–H and O–H groups in total. The average molecular weight is 265 g/mol. The van der Waals surface area contributed by atoms with E-state index in [-0.39, 0.29) is 18.0 Å². The van der Waals surface area contributed by atoms with E-state index in [4.69, 9.17) is 10.5 Å². The summed E-state index contributed by atoms with van der Waals surface area (Å²) in [4.78, 5) is 0. The van der Waals surface area contributed by atoms with Crippen LogP contribution >= 0.6 is 0 Å². The minimum Gasteiger partial charge on any atom is -0.490 e. The molecule has 3 heteroatoms. The molecule has 0 heterocycles. The molecule has 0 bridgehead atoms. The molecular weight excluding hydrogens is 241 g/mol. The van der Waals surface area contributed by atoms with E-state index in [0.717, 1.165) is 18.8 Å². The smallest absolute Gasteiger partial charge is 0.131 e. The lowest BCUT2D eigenvalue weighted by Crippen LogP contribution is -2.28. The molecule has 0 aromatic heterocycles. The van der Waals surface area contributed by atoms with Gasteiger partial charge in [-0.05, 0) is 44.1 Å². The van der Waals surface area contributed by atoms with E-state index in [0.29, 0.717) is 17.2 Å². The summed E-state index contributed by atoms with van der Waals surface area (Å²) in [5, 5.41) is 0. The number of nitrogens with two attached hydrogens (primary N) is 1. The van der Waals surface area contributed by atoms with Gasteiger partial charge in [0.25, 0.3) is 0 Å². The summed E-state index contributed by atoms with van der Waals surface area (Å²) in [6.45, 7) is 6.33. The fourth-order valence-corrected chi connectivity index (χ4v) is 2.75. The van der Waals surface area contributed by atoms with Crippen molar-refractivity contribution >= 4 is 0 Å². The van der Waals surface area contributed by atoms with Crippen molar-refractivity contribution in [2.24, 2.45) is 17.6 Å². The predicted octanol–water partition coefficient (Wildman–Crippen LogP) is 4.05. The van der Waals surface area contributed by atoms with Crippen LogP contribution in [-0.2, 0) is 0 Å². The Balaban J connectivity index is 2.02. The maximum absolute atomic E-state index is 13.8. The normalized spacial score (nSPS) is 29.0. The van der Waals surface area contributed by atoms with Crippen LogP contribution in [0.5, 0.6) is 5.75 Å². The van der Waals surface area contributed by atoms with Gasteiger partial charge in [-0.2, -0.15) is 0 Å². The van der Waals surface area contributed by atoms with Crippen LogP contribution in [0.2, 0.25) is 0 Å². The van der Waals surface area contributed by atoms with Crippen molar-refractivity contribution in [3.8, 4) is 5.75 Å². The Bertz CT molecular complexity index is 433. The summed E-state index contributed by atoms with van der Waals surface area (Å²) >= 11 is 0. The van der Waals surface area contributed by atoms with Crippen LogP contribution in [0.15, 0.2) is 18.2 Å². The zero-order valence-electron chi connectivity index (χ0n) is 12.0. The Morgan fingerprint density at radius 2 is 2.00 bits per heavy atom. The van der Waals surface area contributed by atoms with Crippen LogP contribution in [0.4, 0.5) is 4.39 Å². The first-order valence-electron chi connectivity index (χ1n) is 7.19. The lowest BCUT2D eigenvalue weighted by atomic mass is 9.80. The highest BCUT2D eigenvalue weighted by Gasteiger charge is 2.25. The fourth-order valence-electron chi connectivity index (χ4n) is 2.75. The molecule has 0 amide bonds. The molecule has 1 fully saturated rings. The topological polar surface area (TPSA) is 35.2 Å². The highest BCUT2D eigenvalue weighted by molar-refractivity contribution is 5.30. The third-order valence-electron chi connectivity index (χ3n) is 4.32. The van der Waals surface area contributed by atoms with Crippen LogP contribution in [-0.4, -0.2) is 6.10 Å². The molecule has 0 spiro atoms. The molecule has 1 aromatic carbocycles. The number of halogens is 1. The van der Waals surface area contributed by atoms with Gasteiger partial charge in [-0.25, -0.2) is 4.39 Å². The van der Waals surface area contributed by atoms with Gasteiger partial charge in [0.05, 0.1) is 6.10 Å². The second-order valence-corrected chi connectivity index (χ2v) is 5.98. The molecule has 4 atom stereocenters. The monoisotopic (exact) mass is 265 g/mol. The van der Waals surface area contributed by atoms with Gasteiger partial charge in [0.15, 0.2) is 0 Å². The average Bonchev–Trinajstić information content (AvgIpc) is 2.33. The highest BCUT2D eigenvalue weighted by Crippen LogP contribution is 2.32. The Kier molecular flexibility index (Phi) is 4.46. The minimum absolute atomic E-state index is 0.215. The predicted molar refractivity (Wildman–Crippen MR) is 75.6 cm³/mol. The van der Waals surface area contributed by atoms with E-state index >= 15 is 0 Å². The molecule has 1 aliphatic rings. The van der Waals surface area contributed by atoms with E-state index in [9.17, 15) is 4.39 Å². The van der Waals surface area contributed by atoms with E-state index in [1.54, 1.807) is 13.0 Å². The first-order valence-corrected chi connectivity index (χ1v) is 7.19. The number of hydrogen-bond donors (Lipinski definition) is 1. The van der Waals surface area contributed by atoms with Crippen molar-refractivity contribution in [2.75, 3.05) is 0 Å². The SMILES string of the molecule is CC1CCC(Oc2ccc([C@H](C)N)c(F)c2)CC1C. The van der Waals surface area contributed by atoms with E-state index in [1.807, 2.05) is 6.07 Å². The van der Waals surface area contributed by atoms with Crippen molar-refractivity contribution < 1.29 is 9.13 Å². The highest BCUT2D eigenvalue weighted by atomic mass is 19.1. The zero-order chi connectivity index (χ0) is 14.0. The Morgan fingerprint density at radius 1 is 1.26 bits per heavy atom. The van der Waals surface area contributed by atoms with Crippen LogP contribution in [0.1, 0.15) is 51.6 Å². The van der Waals surface area contributed by atoms with Gasteiger partial charge in [0.2, 0.25) is 0 Å². The van der Waals surface area contributed by atoms with Gasteiger partial charge in [-0.15, -0.1) is 0 Å². The molecule has 2 nitrogen and oxygen atoms in total. The summed E-state index contributed by atoms with van der Waals surface area (Å²) < 4.78 is 19.7. The third kappa shape index (κ3) is 3.47. The number of hydrogen-bond acceptors (Lipinski definition) is 2. The van der Waals surface area contributed by atoms with Crippen molar-refractivity contribution in [1.82, 2.24) is 0 Å². The number of benzene rings is 1. The summed E-state index contributed by atoms with van der Waals surface area (Å²) in [5.74, 6) is 1.78. The fraction of sp³-hybridized carbons (Fsp3) is 0.625.